The van der Waals surface area contributed by atoms with E-state index in [-0.39, 0.29) is 17.8 Å². The number of carbonyl (C=O) groups is 3. The third-order valence-electron chi connectivity index (χ3n) is 10.6. The van der Waals surface area contributed by atoms with Crippen molar-refractivity contribution in [2.45, 2.75) is 45.1 Å². The van der Waals surface area contributed by atoms with E-state index in [0.717, 1.165) is 97.0 Å². The largest absolute Gasteiger partial charge is 0.465 e. The molecule has 2 N–H and O–H groups in total. The molecule has 0 aliphatic carbocycles. The quantitative estimate of drug-likeness (QED) is 0.155. The fourth-order valence-electron chi connectivity index (χ4n) is 7.47. The third kappa shape index (κ3) is 9.08. The Bertz CT molecular complexity index is 2380. The van der Waals surface area contributed by atoms with E-state index in [4.69, 9.17) is 35.1 Å². The standard InChI is InChI=1S/C24H25N3O3.C21H22N4O2/c1-16(28)14-17-10-12-27(13-11-17)23-22(18-6-4-3-5-7-18)25-20-9-8-19(24(29)30-2)15-21(20)26-23;1-27-21(26)15-7-8-17-18(13-15)24-20(25-11-9-16(22)10-12-25)19(23-17)14-5-3-2-4-6-14/h3-9,15,17H,10-14H2,1-2H3;2-8,13,16H,9-12,22H2,1H3. The summed E-state index contributed by atoms with van der Waals surface area (Å²) < 4.78 is 9.67. The first-order valence-corrected chi connectivity index (χ1v) is 19.4. The van der Waals surface area contributed by atoms with Crippen LogP contribution in [0.25, 0.3) is 44.6 Å². The summed E-state index contributed by atoms with van der Waals surface area (Å²) in [5.74, 6) is 1.56. The number of fused-ring (bicyclic) bond motifs is 2. The highest BCUT2D eigenvalue weighted by atomic mass is 16.5. The number of methoxy groups -OCH3 is 2. The van der Waals surface area contributed by atoms with E-state index in [0.29, 0.717) is 34.5 Å². The predicted molar refractivity (Wildman–Crippen MR) is 222 cm³/mol. The number of rotatable bonds is 8. The normalized spacial score (nSPS) is 14.9. The number of benzene rings is 4. The number of hydrogen-bond donors (Lipinski definition) is 1. The number of ketones is 1. The van der Waals surface area contributed by atoms with Crippen LogP contribution in [0, 0.1) is 5.92 Å². The van der Waals surface area contributed by atoms with Crippen molar-refractivity contribution >= 4 is 51.4 Å². The van der Waals surface area contributed by atoms with Crippen LogP contribution in [0.1, 0.15) is 59.7 Å². The lowest BCUT2D eigenvalue weighted by Crippen LogP contribution is -2.40. The molecule has 12 heteroatoms. The molecule has 4 heterocycles. The Kier molecular flexibility index (Phi) is 12.1. The van der Waals surface area contributed by atoms with Crippen LogP contribution in [0.2, 0.25) is 0 Å². The van der Waals surface area contributed by atoms with Crippen LogP contribution in [0.4, 0.5) is 11.6 Å². The van der Waals surface area contributed by atoms with Crippen LogP contribution in [-0.4, -0.2) is 84.1 Å². The highest BCUT2D eigenvalue weighted by Crippen LogP contribution is 2.34. The monoisotopic (exact) mass is 765 g/mol. The number of hydrogen-bond acceptors (Lipinski definition) is 12. The van der Waals surface area contributed by atoms with Crippen LogP contribution in [0.5, 0.6) is 0 Å². The van der Waals surface area contributed by atoms with Crippen LogP contribution < -0.4 is 15.5 Å². The summed E-state index contributed by atoms with van der Waals surface area (Å²) >= 11 is 0. The second-order valence-corrected chi connectivity index (χ2v) is 14.6. The zero-order valence-electron chi connectivity index (χ0n) is 32.6. The van der Waals surface area contributed by atoms with Gasteiger partial charge in [0.1, 0.15) is 17.2 Å². The van der Waals surface area contributed by atoms with Gasteiger partial charge in [-0.15, -0.1) is 0 Å². The summed E-state index contributed by atoms with van der Waals surface area (Å²) in [5.41, 5.74) is 13.5. The minimum Gasteiger partial charge on any atom is -0.465 e. The minimum atomic E-state index is -0.391. The number of ether oxygens (including phenoxy) is 2. The number of carbonyl (C=O) groups excluding carboxylic acids is 3. The van der Waals surface area contributed by atoms with E-state index < -0.39 is 5.97 Å². The molecule has 2 aliphatic rings. The van der Waals surface area contributed by atoms with Gasteiger partial charge in [-0.2, -0.15) is 0 Å². The molecule has 0 amide bonds. The van der Waals surface area contributed by atoms with E-state index in [1.807, 2.05) is 72.8 Å². The van der Waals surface area contributed by atoms with Crippen LogP contribution in [0.15, 0.2) is 97.1 Å². The molecule has 0 bridgehead atoms. The van der Waals surface area contributed by atoms with Gasteiger partial charge in [0.15, 0.2) is 11.6 Å². The van der Waals surface area contributed by atoms with Gasteiger partial charge in [0, 0.05) is 49.8 Å². The second kappa shape index (κ2) is 17.7. The summed E-state index contributed by atoms with van der Waals surface area (Å²) in [6.07, 6.45) is 4.41. The number of piperidine rings is 2. The van der Waals surface area contributed by atoms with E-state index in [2.05, 4.69) is 9.80 Å². The lowest BCUT2D eigenvalue weighted by atomic mass is 9.92. The van der Waals surface area contributed by atoms with Gasteiger partial charge in [0.2, 0.25) is 0 Å². The Balaban J connectivity index is 0.000000175. The van der Waals surface area contributed by atoms with Gasteiger partial charge in [-0.3, -0.25) is 0 Å². The molecule has 12 nitrogen and oxygen atoms in total. The lowest BCUT2D eigenvalue weighted by molar-refractivity contribution is -0.118. The first-order valence-electron chi connectivity index (χ1n) is 19.4. The van der Waals surface area contributed by atoms with E-state index >= 15 is 0 Å². The van der Waals surface area contributed by atoms with E-state index in [1.54, 1.807) is 31.2 Å². The smallest absolute Gasteiger partial charge is 0.337 e. The predicted octanol–water partition coefficient (Wildman–Crippen LogP) is 7.29. The van der Waals surface area contributed by atoms with Crippen molar-refractivity contribution in [3.63, 3.8) is 0 Å². The Labute approximate surface area is 332 Å². The molecule has 0 unspecified atom stereocenters. The lowest BCUT2D eigenvalue weighted by Gasteiger charge is -2.33. The van der Waals surface area contributed by atoms with Crippen molar-refractivity contribution < 1.29 is 23.9 Å². The van der Waals surface area contributed by atoms with Crippen LogP contribution >= 0.6 is 0 Å². The molecular weight excluding hydrogens is 719 g/mol. The number of aromatic nitrogens is 4. The number of esters is 2. The molecule has 4 aromatic carbocycles. The summed E-state index contributed by atoms with van der Waals surface area (Å²) in [7, 11) is 2.74. The number of nitrogens with two attached hydrogens (primary N) is 1. The zero-order valence-corrected chi connectivity index (χ0v) is 32.6. The van der Waals surface area contributed by atoms with Gasteiger partial charge in [0.25, 0.3) is 0 Å². The number of anilines is 2. The van der Waals surface area contributed by atoms with Gasteiger partial charge < -0.3 is 29.8 Å². The molecule has 0 radical (unpaired) electrons. The maximum Gasteiger partial charge on any atom is 0.337 e. The molecule has 6 aromatic rings. The van der Waals surface area contributed by atoms with Gasteiger partial charge in [0.05, 0.1) is 47.4 Å². The molecule has 0 atom stereocenters. The van der Waals surface area contributed by atoms with E-state index in [9.17, 15) is 14.4 Å². The maximum atomic E-state index is 11.9. The molecule has 0 saturated carbocycles. The average Bonchev–Trinajstić information content (AvgIpc) is 3.25. The van der Waals surface area contributed by atoms with Crippen molar-refractivity contribution in [2.75, 3.05) is 50.2 Å². The maximum absolute atomic E-state index is 11.9. The second-order valence-electron chi connectivity index (χ2n) is 14.6. The fourth-order valence-corrected chi connectivity index (χ4v) is 7.47. The molecule has 2 aromatic heterocycles. The molecule has 2 aliphatic heterocycles. The molecule has 2 saturated heterocycles. The third-order valence-corrected chi connectivity index (χ3v) is 10.6. The van der Waals surface area contributed by atoms with Gasteiger partial charge >= 0.3 is 11.9 Å². The minimum absolute atomic E-state index is 0.237. The Morgan fingerprint density at radius 2 is 1.02 bits per heavy atom. The van der Waals surface area contributed by atoms with Gasteiger partial charge in [-0.25, -0.2) is 29.5 Å². The van der Waals surface area contributed by atoms with Crippen molar-refractivity contribution in [2.24, 2.45) is 11.7 Å². The van der Waals surface area contributed by atoms with Crippen molar-refractivity contribution in [1.82, 2.24) is 19.9 Å². The van der Waals surface area contributed by atoms with E-state index in [1.165, 1.54) is 14.2 Å². The highest BCUT2D eigenvalue weighted by Gasteiger charge is 2.26. The molecule has 2 fully saturated rings. The zero-order chi connectivity index (χ0) is 39.9. The van der Waals surface area contributed by atoms with Gasteiger partial charge in [-0.05, 0) is 74.9 Å². The summed E-state index contributed by atoms with van der Waals surface area (Å²) in [4.78, 5) is 59.4. The van der Waals surface area contributed by atoms with Crippen molar-refractivity contribution in [3.8, 4) is 22.5 Å². The Morgan fingerprint density at radius 1 is 0.596 bits per heavy atom. The van der Waals surface area contributed by atoms with Crippen molar-refractivity contribution in [1.29, 1.82) is 0 Å². The molecule has 0 spiro atoms. The van der Waals surface area contributed by atoms with Crippen molar-refractivity contribution in [3.05, 3.63) is 108 Å². The average molecular weight is 766 g/mol. The van der Waals surface area contributed by atoms with Crippen LogP contribution in [-0.2, 0) is 14.3 Å². The summed E-state index contributed by atoms with van der Waals surface area (Å²) in [6, 6.07) is 30.9. The Hall–Kier alpha value is -6.27. The molecule has 8 rings (SSSR count). The molecular formula is C45H47N7O5. The molecule has 292 valence electrons. The SMILES string of the molecule is COC(=O)c1ccc2nc(-c3ccccc3)c(N3CCC(CC(C)=O)CC3)nc2c1.COC(=O)c1ccc2nc(-c3ccccc3)c(N3CCC(N)CC3)nc2c1. The first-order chi connectivity index (χ1) is 27.7. The number of Topliss-reactive ketones (excluding diaryl/α,β-unsaturated/α-hetero) is 1. The topological polar surface area (TPSA) is 154 Å². The highest BCUT2D eigenvalue weighted by molar-refractivity contribution is 5.95. The number of nitrogens with zero attached hydrogens (tertiary/aromatic N) is 6. The summed E-state index contributed by atoms with van der Waals surface area (Å²) in [5, 5.41) is 0. The first kappa shape index (κ1) is 39.0. The fraction of sp³-hybridized carbons (Fsp3) is 0.311. The Morgan fingerprint density at radius 3 is 1.42 bits per heavy atom. The van der Waals surface area contributed by atoms with Gasteiger partial charge in [-0.1, -0.05) is 60.7 Å². The molecule has 57 heavy (non-hydrogen) atoms. The van der Waals surface area contributed by atoms with Crippen LogP contribution in [0.3, 0.4) is 0 Å². The summed E-state index contributed by atoms with van der Waals surface area (Å²) in [6.45, 7) is 5.01.